The van der Waals surface area contributed by atoms with Crippen molar-refractivity contribution in [2.24, 2.45) is 5.41 Å². The third-order valence-corrected chi connectivity index (χ3v) is 6.71. The van der Waals surface area contributed by atoms with Crippen molar-refractivity contribution in [2.45, 2.75) is 66.2 Å². The zero-order valence-corrected chi connectivity index (χ0v) is 21.8. The highest BCUT2D eigenvalue weighted by atomic mass is 16.5. The van der Waals surface area contributed by atoms with Gasteiger partial charge in [0, 0.05) is 50.8 Å². The van der Waals surface area contributed by atoms with Crippen LogP contribution in [0.2, 0.25) is 0 Å². The summed E-state index contributed by atoms with van der Waals surface area (Å²) in [7, 11) is 0. The maximum absolute atomic E-state index is 12.6. The number of ether oxygens (including phenoxy) is 1. The average Bonchev–Trinajstić information content (AvgIpc) is 2.85. The average molecular weight is 472 g/mol. The molecule has 0 bridgehead atoms. The summed E-state index contributed by atoms with van der Waals surface area (Å²) in [6, 6.07) is 7.91. The summed E-state index contributed by atoms with van der Waals surface area (Å²) < 4.78 is 5.81. The summed E-state index contributed by atoms with van der Waals surface area (Å²) in [5.41, 5.74) is 0.673. The van der Waals surface area contributed by atoms with Crippen LogP contribution in [0, 0.1) is 5.41 Å². The Kier molecular flexibility index (Phi) is 12.2. The Balaban J connectivity index is 1.65. The molecule has 0 aliphatic carbocycles. The molecule has 0 radical (unpaired) electrons. The first-order valence-corrected chi connectivity index (χ1v) is 13.1. The number of unbranched alkanes of at least 4 members (excludes halogenated alkanes) is 4. The van der Waals surface area contributed by atoms with Crippen molar-refractivity contribution < 1.29 is 14.3 Å². The van der Waals surface area contributed by atoms with Gasteiger partial charge in [0.05, 0.1) is 6.61 Å². The molecule has 0 unspecified atom stereocenters. The maximum Gasteiger partial charge on any atom is 0.246 e. The van der Waals surface area contributed by atoms with Crippen LogP contribution in [0.15, 0.2) is 30.3 Å². The molecule has 6 heteroatoms. The van der Waals surface area contributed by atoms with Crippen LogP contribution in [0.5, 0.6) is 5.75 Å². The number of rotatable bonds is 14. The second-order valence-corrected chi connectivity index (χ2v) is 9.83. The van der Waals surface area contributed by atoms with Crippen molar-refractivity contribution in [3.05, 3.63) is 35.9 Å². The van der Waals surface area contributed by atoms with Gasteiger partial charge in [0.2, 0.25) is 11.8 Å². The number of carbonyl (C=O) groups excluding carboxylic acids is 2. The zero-order chi connectivity index (χ0) is 24.8. The van der Waals surface area contributed by atoms with E-state index in [-0.39, 0.29) is 17.2 Å². The van der Waals surface area contributed by atoms with Crippen LogP contribution in [0.1, 0.15) is 71.8 Å². The Morgan fingerprint density at radius 3 is 2.32 bits per heavy atom. The molecule has 0 spiro atoms. The van der Waals surface area contributed by atoms with Crippen molar-refractivity contribution >= 4 is 17.9 Å². The third-order valence-electron chi connectivity index (χ3n) is 6.71. The monoisotopic (exact) mass is 471 g/mol. The van der Waals surface area contributed by atoms with E-state index in [9.17, 15) is 9.59 Å². The summed E-state index contributed by atoms with van der Waals surface area (Å²) in [4.78, 5) is 29.0. The van der Waals surface area contributed by atoms with E-state index in [0.717, 1.165) is 50.4 Å². The molecule has 0 aromatic heterocycles. The van der Waals surface area contributed by atoms with Gasteiger partial charge in [0.25, 0.3) is 0 Å². The smallest absolute Gasteiger partial charge is 0.246 e. The van der Waals surface area contributed by atoms with Gasteiger partial charge in [-0.05, 0) is 36.6 Å². The number of piperazine rings is 1. The van der Waals surface area contributed by atoms with E-state index in [1.54, 1.807) is 6.08 Å². The van der Waals surface area contributed by atoms with Crippen LogP contribution < -0.4 is 10.1 Å². The highest BCUT2D eigenvalue weighted by molar-refractivity contribution is 5.91. The molecule has 34 heavy (non-hydrogen) atoms. The predicted octanol–water partition coefficient (Wildman–Crippen LogP) is 4.75. The standard InChI is InChI=1S/C28H45N3O3/c1-5-7-8-9-10-23-34-25-14-11-24(12-15-25)13-16-26(32)31-21-19-30(20-22-31)18-17-29-27(33)28(3,4)6-2/h11-16H,5-10,17-23H2,1-4H3,(H,29,33)/b16-13+. The highest BCUT2D eigenvalue weighted by Gasteiger charge is 2.25. The van der Waals surface area contributed by atoms with Crippen molar-refractivity contribution in [1.82, 2.24) is 15.1 Å². The second-order valence-electron chi connectivity index (χ2n) is 9.83. The van der Waals surface area contributed by atoms with E-state index >= 15 is 0 Å². The fraction of sp³-hybridized carbons (Fsp3) is 0.643. The molecule has 2 amide bonds. The van der Waals surface area contributed by atoms with Crippen LogP contribution in [0.4, 0.5) is 0 Å². The largest absolute Gasteiger partial charge is 0.494 e. The van der Waals surface area contributed by atoms with Crippen LogP contribution >= 0.6 is 0 Å². The van der Waals surface area contributed by atoms with E-state index in [1.165, 1.54) is 25.7 Å². The Morgan fingerprint density at radius 1 is 1.00 bits per heavy atom. The number of nitrogens with zero attached hydrogens (tertiary/aromatic N) is 2. The second kappa shape index (κ2) is 14.8. The molecule has 1 aromatic rings. The molecular weight excluding hydrogens is 426 g/mol. The number of hydrogen-bond acceptors (Lipinski definition) is 4. The van der Waals surface area contributed by atoms with E-state index in [4.69, 9.17) is 4.74 Å². The maximum atomic E-state index is 12.6. The predicted molar refractivity (Wildman–Crippen MR) is 140 cm³/mol. The van der Waals surface area contributed by atoms with Gasteiger partial charge in [-0.3, -0.25) is 14.5 Å². The summed E-state index contributed by atoms with van der Waals surface area (Å²) in [5, 5.41) is 3.04. The highest BCUT2D eigenvalue weighted by Crippen LogP contribution is 2.19. The van der Waals surface area contributed by atoms with Crippen LogP contribution in [-0.4, -0.2) is 67.5 Å². The first kappa shape index (κ1) is 27.9. The van der Waals surface area contributed by atoms with E-state index in [2.05, 4.69) is 17.1 Å². The van der Waals surface area contributed by atoms with Crippen molar-refractivity contribution in [1.29, 1.82) is 0 Å². The lowest BCUT2D eigenvalue weighted by atomic mass is 9.89. The minimum atomic E-state index is -0.321. The van der Waals surface area contributed by atoms with Crippen molar-refractivity contribution in [3.63, 3.8) is 0 Å². The van der Waals surface area contributed by atoms with Crippen molar-refractivity contribution in [2.75, 3.05) is 45.9 Å². The van der Waals surface area contributed by atoms with Crippen LogP contribution in [-0.2, 0) is 9.59 Å². The molecular formula is C28H45N3O3. The van der Waals surface area contributed by atoms with Gasteiger partial charge < -0.3 is 15.0 Å². The number of carbonyl (C=O) groups is 2. The molecule has 190 valence electrons. The molecule has 0 saturated carbocycles. The Morgan fingerprint density at radius 2 is 1.68 bits per heavy atom. The van der Waals surface area contributed by atoms with Crippen LogP contribution in [0.25, 0.3) is 6.08 Å². The summed E-state index contributed by atoms with van der Waals surface area (Å²) >= 11 is 0. The minimum Gasteiger partial charge on any atom is -0.494 e. The molecule has 1 fully saturated rings. The molecule has 1 N–H and O–H groups in total. The minimum absolute atomic E-state index is 0.0463. The van der Waals surface area contributed by atoms with Crippen molar-refractivity contribution in [3.8, 4) is 5.75 Å². The first-order valence-electron chi connectivity index (χ1n) is 13.1. The van der Waals surface area contributed by atoms with E-state index < -0.39 is 0 Å². The van der Waals surface area contributed by atoms with Gasteiger partial charge in [-0.15, -0.1) is 0 Å². The fourth-order valence-corrected chi connectivity index (χ4v) is 3.76. The summed E-state index contributed by atoms with van der Waals surface area (Å²) in [6.07, 6.45) is 10.5. The normalized spacial score (nSPS) is 15.0. The van der Waals surface area contributed by atoms with Gasteiger partial charge >= 0.3 is 0 Å². The van der Waals surface area contributed by atoms with E-state index in [1.807, 2.05) is 56.0 Å². The molecule has 1 aliphatic heterocycles. The van der Waals surface area contributed by atoms with Gasteiger partial charge in [-0.2, -0.15) is 0 Å². The SMILES string of the molecule is CCCCCCCOc1ccc(/C=C/C(=O)N2CCN(CCNC(=O)C(C)(C)CC)CC2)cc1. The molecule has 0 atom stereocenters. The topological polar surface area (TPSA) is 61.9 Å². The number of benzene rings is 1. The molecule has 1 saturated heterocycles. The van der Waals surface area contributed by atoms with E-state index in [0.29, 0.717) is 19.6 Å². The summed E-state index contributed by atoms with van der Waals surface area (Å²) in [5.74, 6) is 1.03. The number of hydrogen-bond donors (Lipinski definition) is 1. The lowest BCUT2D eigenvalue weighted by molar-refractivity contribution is -0.129. The number of nitrogens with one attached hydrogen (secondary N) is 1. The Hall–Kier alpha value is -2.34. The molecule has 1 aliphatic rings. The fourth-order valence-electron chi connectivity index (χ4n) is 3.76. The third kappa shape index (κ3) is 9.88. The van der Waals surface area contributed by atoms with Gasteiger partial charge in [-0.1, -0.05) is 65.5 Å². The zero-order valence-electron chi connectivity index (χ0n) is 21.8. The number of amides is 2. The quantitative estimate of drug-likeness (QED) is 0.314. The van der Waals surface area contributed by atoms with Gasteiger partial charge in [-0.25, -0.2) is 0 Å². The van der Waals surface area contributed by atoms with Crippen LogP contribution in [0.3, 0.4) is 0 Å². The Bertz CT molecular complexity index is 766. The lowest BCUT2D eigenvalue weighted by Crippen LogP contribution is -2.50. The molecule has 1 aromatic carbocycles. The molecule has 1 heterocycles. The summed E-state index contributed by atoms with van der Waals surface area (Å²) in [6.45, 7) is 13.5. The lowest BCUT2D eigenvalue weighted by Gasteiger charge is -2.34. The Labute approximate surface area is 206 Å². The molecule has 2 rings (SSSR count). The van der Waals surface area contributed by atoms with Gasteiger partial charge in [0.15, 0.2) is 0 Å². The molecule has 6 nitrogen and oxygen atoms in total. The van der Waals surface area contributed by atoms with Gasteiger partial charge in [0.1, 0.15) is 5.75 Å². The first-order chi connectivity index (χ1) is 16.4.